The molecule has 0 aliphatic carbocycles. The van der Waals surface area contributed by atoms with Gasteiger partial charge < -0.3 is 14.0 Å². The quantitative estimate of drug-likeness (QED) is 0.807. The lowest BCUT2D eigenvalue weighted by Gasteiger charge is -2.15. The first kappa shape index (κ1) is 11.3. The zero-order valence-electron chi connectivity index (χ0n) is 9.49. The average Bonchev–Trinajstić information content (AvgIpc) is 2.61. The smallest absolute Gasteiger partial charge is 0.357 e. The van der Waals surface area contributed by atoms with Gasteiger partial charge in [0.1, 0.15) is 11.3 Å². The second-order valence-corrected chi connectivity index (χ2v) is 5.13. The van der Waals surface area contributed by atoms with Crippen LogP contribution in [0.4, 0.5) is 0 Å². The summed E-state index contributed by atoms with van der Waals surface area (Å²) >= 11 is 1.29. The van der Waals surface area contributed by atoms with Crippen molar-refractivity contribution in [2.24, 2.45) is 0 Å². The molecule has 5 nitrogen and oxygen atoms in total. The van der Waals surface area contributed by atoms with E-state index in [1.807, 2.05) is 13.8 Å². The van der Waals surface area contributed by atoms with Gasteiger partial charge in [0.05, 0.1) is 11.5 Å². The third-order valence-electron chi connectivity index (χ3n) is 2.54. The van der Waals surface area contributed by atoms with E-state index in [-0.39, 0.29) is 5.97 Å². The van der Waals surface area contributed by atoms with E-state index in [2.05, 4.69) is 0 Å². The normalized spacial score (nSPS) is 17.3. The van der Waals surface area contributed by atoms with Crippen molar-refractivity contribution in [2.45, 2.75) is 26.0 Å². The van der Waals surface area contributed by atoms with Gasteiger partial charge in [-0.1, -0.05) is 11.3 Å². The Balaban J connectivity index is 2.50. The van der Waals surface area contributed by atoms with Crippen molar-refractivity contribution in [1.29, 1.82) is 5.41 Å². The van der Waals surface area contributed by atoms with Crippen LogP contribution in [-0.4, -0.2) is 24.3 Å². The second-order valence-electron chi connectivity index (χ2n) is 4.13. The average molecular weight is 242 g/mol. The summed E-state index contributed by atoms with van der Waals surface area (Å²) in [6, 6.07) is 0. The molecule has 0 bridgehead atoms. The van der Waals surface area contributed by atoms with Crippen LogP contribution in [0, 0.1) is 5.41 Å². The summed E-state index contributed by atoms with van der Waals surface area (Å²) in [5.41, 5.74) is -0.0948. The fraction of sp³-hybridized carbons (Fsp3) is 0.600. The van der Waals surface area contributed by atoms with Crippen LogP contribution in [-0.2, 0) is 21.6 Å². The predicted octanol–water partition coefficient (Wildman–Crippen LogP) is 1.08. The third-order valence-corrected chi connectivity index (χ3v) is 3.84. The molecule has 2 heterocycles. The number of carbonyl (C=O) groups excluding carboxylic acids is 1. The Morgan fingerprint density at radius 3 is 2.88 bits per heavy atom. The lowest BCUT2D eigenvalue weighted by atomic mass is 10.1. The first-order valence-electron chi connectivity index (χ1n) is 4.98. The number of hydrogen-bond donors (Lipinski definition) is 1. The van der Waals surface area contributed by atoms with Gasteiger partial charge in [-0.3, -0.25) is 5.41 Å². The van der Waals surface area contributed by atoms with Gasteiger partial charge in [-0.25, -0.2) is 4.79 Å². The van der Waals surface area contributed by atoms with E-state index in [1.54, 1.807) is 11.7 Å². The van der Waals surface area contributed by atoms with E-state index < -0.39 is 5.60 Å². The number of methoxy groups -OCH3 is 1. The highest BCUT2D eigenvalue weighted by atomic mass is 32.1. The van der Waals surface area contributed by atoms with Gasteiger partial charge in [-0.15, -0.1) is 0 Å². The van der Waals surface area contributed by atoms with Crippen LogP contribution >= 0.6 is 11.3 Å². The SMILES string of the molecule is COCCn1c2c(sc1=N)C(C)(C)OC2=O. The molecule has 2 rings (SSSR count). The standard InChI is InChI=1S/C10H14N2O3S/c1-10(2)7-6(8(13)15-10)12(4-5-14-3)9(11)16-7/h11H,4-5H2,1-3H3. The number of thiazole rings is 1. The molecule has 0 saturated heterocycles. The van der Waals surface area contributed by atoms with Crippen LogP contribution in [0.2, 0.25) is 0 Å². The topological polar surface area (TPSA) is 64.3 Å². The fourth-order valence-corrected chi connectivity index (χ4v) is 2.82. The maximum Gasteiger partial charge on any atom is 0.357 e. The minimum absolute atomic E-state index is 0.342. The van der Waals surface area contributed by atoms with E-state index >= 15 is 0 Å². The zero-order chi connectivity index (χ0) is 11.9. The molecule has 0 saturated carbocycles. The van der Waals surface area contributed by atoms with Gasteiger partial charge in [0.15, 0.2) is 4.80 Å². The number of hydrogen-bond acceptors (Lipinski definition) is 5. The molecule has 0 spiro atoms. The minimum Gasteiger partial charge on any atom is -0.449 e. The molecule has 88 valence electrons. The van der Waals surface area contributed by atoms with E-state index in [4.69, 9.17) is 14.9 Å². The Kier molecular flexibility index (Phi) is 2.63. The van der Waals surface area contributed by atoms with Gasteiger partial charge in [0.25, 0.3) is 0 Å². The molecule has 0 atom stereocenters. The molecule has 1 aromatic heterocycles. The summed E-state index contributed by atoms with van der Waals surface area (Å²) in [6.07, 6.45) is 0. The molecule has 6 heteroatoms. The van der Waals surface area contributed by atoms with Gasteiger partial charge >= 0.3 is 5.97 Å². The summed E-state index contributed by atoms with van der Waals surface area (Å²) in [5, 5.41) is 7.83. The largest absolute Gasteiger partial charge is 0.449 e. The molecule has 1 N–H and O–H groups in total. The fourth-order valence-electron chi connectivity index (χ4n) is 1.76. The zero-order valence-corrected chi connectivity index (χ0v) is 10.3. The van der Waals surface area contributed by atoms with Crippen LogP contribution < -0.4 is 4.80 Å². The van der Waals surface area contributed by atoms with E-state index in [0.29, 0.717) is 23.6 Å². The number of nitrogens with zero attached hydrogens (tertiary/aromatic N) is 1. The first-order valence-corrected chi connectivity index (χ1v) is 5.80. The number of esters is 1. The Labute approximate surface area is 97.1 Å². The number of ether oxygens (including phenoxy) is 2. The molecule has 0 amide bonds. The number of carbonyl (C=O) groups is 1. The Bertz CT molecular complexity index is 487. The Morgan fingerprint density at radius 1 is 1.56 bits per heavy atom. The molecular formula is C10H14N2O3S. The molecule has 1 aliphatic rings. The summed E-state index contributed by atoms with van der Waals surface area (Å²) in [6.45, 7) is 4.67. The summed E-state index contributed by atoms with van der Waals surface area (Å²) in [4.78, 5) is 12.9. The summed E-state index contributed by atoms with van der Waals surface area (Å²) in [5.74, 6) is -0.342. The lowest BCUT2D eigenvalue weighted by molar-refractivity contribution is 0.00983. The molecular weight excluding hydrogens is 228 g/mol. The summed E-state index contributed by atoms with van der Waals surface area (Å²) in [7, 11) is 1.60. The molecule has 0 unspecified atom stereocenters. The van der Waals surface area contributed by atoms with Crippen LogP contribution in [0.3, 0.4) is 0 Å². The van der Waals surface area contributed by atoms with E-state index in [1.165, 1.54) is 11.3 Å². The van der Waals surface area contributed by atoms with Crippen molar-refractivity contribution in [1.82, 2.24) is 4.57 Å². The predicted molar refractivity (Wildman–Crippen MR) is 58.5 cm³/mol. The molecule has 16 heavy (non-hydrogen) atoms. The number of rotatable bonds is 3. The highest BCUT2D eigenvalue weighted by Crippen LogP contribution is 2.37. The van der Waals surface area contributed by atoms with Crippen LogP contribution in [0.15, 0.2) is 0 Å². The lowest BCUT2D eigenvalue weighted by Crippen LogP contribution is -2.22. The van der Waals surface area contributed by atoms with Crippen molar-refractivity contribution in [3.8, 4) is 0 Å². The van der Waals surface area contributed by atoms with Crippen molar-refractivity contribution in [3.63, 3.8) is 0 Å². The van der Waals surface area contributed by atoms with Gasteiger partial charge in [-0.05, 0) is 13.8 Å². The molecule has 0 fully saturated rings. The first-order chi connectivity index (χ1) is 7.47. The second kappa shape index (κ2) is 3.71. The van der Waals surface area contributed by atoms with E-state index in [9.17, 15) is 4.79 Å². The molecule has 0 radical (unpaired) electrons. The summed E-state index contributed by atoms with van der Waals surface area (Å²) < 4.78 is 11.9. The van der Waals surface area contributed by atoms with Crippen LogP contribution in [0.5, 0.6) is 0 Å². The highest BCUT2D eigenvalue weighted by Gasteiger charge is 2.42. The Hall–Kier alpha value is -1.14. The number of cyclic esters (lactones) is 1. The maximum atomic E-state index is 11.7. The molecule has 1 aromatic rings. The van der Waals surface area contributed by atoms with Crippen molar-refractivity contribution < 1.29 is 14.3 Å². The number of fused-ring (bicyclic) bond motifs is 1. The van der Waals surface area contributed by atoms with Crippen LogP contribution in [0.1, 0.15) is 29.2 Å². The number of aromatic nitrogens is 1. The van der Waals surface area contributed by atoms with Gasteiger partial charge in [0, 0.05) is 13.7 Å². The Morgan fingerprint density at radius 2 is 2.25 bits per heavy atom. The highest BCUT2D eigenvalue weighted by molar-refractivity contribution is 7.09. The van der Waals surface area contributed by atoms with E-state index in [0.717, 1.165) is 4.88 Å². The van der Waals surface area contributed by atoms with Gasteiger partial charge in [0.2, 0.25) is 0 Å². The maximum absolute atomic E-state index is 11.7. The van der Waals surface area contributed by atoms with Crippen LogP contribution in [0.25, 0.3) is 0 Å². The molecule has 1 aliphatic heterocycles. The molecule has 0 aromatic carbocycles. The van der Waals surface area contributed by atoms with Crippen molar-refractivity contribution in [2.75, 3.05) is 13.7 Å². The number of nitrogens with one attached hydrogen (secondary N) is 1. The third kappa shape index (κ3) is 1.58. The van der Waals surface area contributed by atoms with Crippen molar-refractivity contribution in [3.05, 3.63) is 15.4 Å². The minimum atomic E-state index is -0.606. The van der Waals surface area contributed by atoms with Crippen molar-refractivity contribution >= 4 is 17.3 Å². The van der Waals surface area contributed by atoms with Gasteiger partial charge in [-0.2, -0.15) is 0 Å². The monoisotopic (exact) mass is 242 g/mol.